The van der Waals surface area contributed by atoms with E-state index in [0.717, 1.165) is 52.4 Å². The van der Waals surface area contributed by atoms with Crippen LogP contribution in [0.3, 0.4) is 0 Å². The first kappa shape index (κ1) is 18.3. The number of nitrogens with zero attached hydrogens (tertiary/aromatic N) is 1. The van der Waals surface area contributed by atoms with Crippen LogP contribution in [0.4, 0.5) is 5.69 Å². The van der Waals surface area contributed by atoms with E-state index in [1.54, 1.807) is 7.11 Å². The number of carbonyl (C=O) groups excluding carboxylic acids is 1. The third-order valence-electron chi connectivity index (χ3n) is 5.21. The minimum Gasteiger partial charge on any atom is -0.497 e. The Morgan fingerprint density at radius 2 is 1.93 bits per heavy atom. The molecule has 0 radical (unpaired) electrons. The van der Waals surface area contributed by atoms with E-state index in [-0.39, 0.29) is 5.91 Å². The highest BCUT2D eigenvalue weighted by Gasteiger charge is 2.31. The zero-order valence-corrected chi connectivity index (χ0v) is 16.5. The Bertz CT molecular complexity index is 1000. The molecule has 5 heteroatoms. The lowest BCUT2D eigenvalue weighted by molar-refractivity contribution is -0.115. The molecule has 1 heterocycles. The molecule has 1 saturated carbocycles. The highest BCUT2D eigenvalue weighted by atomic mass is 16.5. The minimum atomic E-state index is -0.0421. The number of aryl methyl sites for hydroxylation is 2. The van der Waals surface area contributed by atoms with E-state index in [1.165, 1.54) is 5.56 Å². The van der Waals surface area contributed by atoms with Crippen LogP contribution >= 0.6 is 0 Å². The van der Waals surface area contributed by atoms with Crippen LogP contribution in [-0.4, -0.2) is 23.2 Å². The maximum atomic E-state index is 12.8. The number of anilines is 1. The molecule has 1 aliphatic rings. The van der Waals surface area contributed by atoms with Gasteiger partial charge in [0.15, 0.2) is 0 Å². The van der Waals surface area contributed by atoms with Gasteiger partial charge in [-0.2, -0.15) is 5.10 Å². The average molecular weight is 375 g/mol. The third-order valence-corrected chi connectivity index (χ3v) is 5.21. The lowest BCUT2D eigenvalue weighted by Crippen LogP contribution is -2.15. The molecule has 0 unspecified atom stereocenters. The van der Waals surface area contributed by atoms with Gasteiger partial charge in [-0.1, -0.05) is 35.9 Å². The highest BCUT2D eigenvalue weighted by Crippen LogP contribution is 2.45. The Hall–Kier alpha value is -3.08. The quantitative estimate of drug-likeness (QED) is 0.653. The molecule has 28 heavy (non-hydrogen) atoms. The summed E-state index contributed by atoms with van der Waals surface area (Å²) in [4.78, 5) is 12.8. The Balaban J connectivity index is 1.60. The van der Waals surface area contributed by atoms with E-state index in [4.69, 9.17) is 4.74 Å². The second kappa shape index (κ2) is 7.50. The van der Waals surface area contributed by atoms with Gasteiger partial charge in [-0.15, -0.1) is 0 Å². The Morgan fingerprint density at radius 3 is 2.57 bits per heavy atom. The molecule has 1 aliphatic carbocycles. The lowest BCUT2D eigenvalue weighted by Gasteiger charge is -2.11. The number of rotatable bonds is 6. The number of benzene rings is 2. The first-order chi connectivity index (χ1) is 13.5. The predicted molar refractivity (Wildman–Crippen MR) is 111 cm³/mol. The number of aromatic nitrogens is 2. The fourth-order valence-electron chi connectivity index (χ4n) is 3.54. The van der Waals surface area contributed by atoms with E-state index in [9.17, 15) is 4.79 Å². The average Bonchev–Trinajstić information content (AvgIpc) is 3.44. The molecule has 0 bridgehead atoms. The van der Waals surface area contributed by atoms with Crippen LogP contribution in [0.1, 0.15) is 41.1 Å². The van der Waals surface area contributed by atoms with Gasteiger partial charge >= 0.3 is 0 Å². The number of hydrogen-bond donors (Lipinski definition) is 2. The molecule has 0 atom stereocenters. The molecule has 0 saturated heterocycles. The van der Waals surface area contributed by atoms with Crippen molar-refractivity contribution in [2.45, 2.75) is 39.0 Å². The van der Waals surface area contributed by atoms with Gasteiger partial charge in [-0.3, -0.25) is 9.89 Å². The summed E-state index contributed by atoms with van der Waals surface area (Å²) in [6, 6.07) is 13.9. The van der Waals surface area contributed by atoms with Gasteiger partial charge in [0.25, 0.3) is 0 Å². The number of amides is 1. The summed E-state index contributed by atoms with van der Waals surface area (Å²) in [5.41, 5.74) is 7.05. The van der Waals surface area contributed by atoms with Crippen LogP contribution in [0.15, 0.2) is 42.5 Å². The number of H-pyrrole nitrogens is 1. The summed E-state index contributed by atoms with van der Waals surface area (Å²) in [6.07, 6.45) is 2.58. The Morgan fingerprint density at radius 1 is 1.18 bits per heavy atom. The molecule has 1 aromatic heterocycles. The van der Waals surface area contributed by atoms with Gasteiger partial charge in [-0.25, -0.2) is 0 Å². The summed E-state index contributed by atoms with van der Waals surface area (Å²) in [7, 11) is 1.63. The van der Waals surface area contributed by atoms with Crippen LogP contribution in [0.25, 0.3) is 11.3 Å². The van der Waals surface area contributed by atoms with Gasteiger partial charge < -0.3 is 10.1 Å². The number of nitrogens with one attached hydrogen (secondary N) is 2. The van der Waals surface area contributed by atoms with Crippen molar-refractivity contribution in [1.29, 1.82) is 0 Å². The first-order valence-electron chi connectivity index (χ1n) is 9.64. The molecule has 0 aliphatic heterocycles. The van der Waals surface area contributed by atoms with Crippen LogP contribution < -0.4 is 10.1 Å². The molecular weight excluding hydrogens is 350 g/mol. The van der Waals surface area contributed by atoms with Crippen LogP contribution in [0.5, 0.6) is 5.75 Å². The van der Waals surface area contributed by atoms with Crippen molar-refractivity contribution >= 4 is 11.6 Å². The Labute approximate surface area is 165 Å². The van der Waals surface area contributed by atoms with Gasteiger partial charge in [0.1, 0.15) is 11.4 Å². The van der Waals surface area contributed by atoms with Crippen molar-refractivity contribution in [2.75, 3.05) is 12.4 Å². The lowest BCUT2D eigenvalue weighted by atomic mass is 10.0. The summed E-state index contributed by atoms with van der Waals surface area (Å²) in [6.45, 7) is 4.16. The third kappa shape index (κ3) is 3.79. The Kier molecular flexibility index (Phi) is 4.90. The van der Waals surface area contributed by atoms with E-state index < -0.39 is 0 Å². The largest absolute Gasteiger partial charge is 0.497 e. The zero-order chi connectivity index (χ0) is 19.7. The summed E-state index contributed by atoms with van der Waals surface area (Å²) in [5.74, 6) is 1.20. The maximum absolute atomic E-state index is 12.8. The predicted octanol–water partition coefficient (Wildman–Crippen LogP) is 4.76. The van der Waals surface area contributed by atoms with Gasteiger partial charge in [0, 0.05) is 11.5 Å². The maximum Gasteiger partial charge on any atom is 0.228 e. The smallest absolute Gasteiger partial charge is 0.228 e. The van der Waals surface area contributed by atoms with Crippen molar-refractivity contribution in [3.8, 4) is 17.0 Å². The molecular formula is C23H25N3O2. The molecule has 1 fully saturated rings. The van der Waals surface area contributed by atoms with Crippen molar-refractivity contribution in [2.24, 2.45) is 0 Å². The van der Waals surface area contributed by atoms with E-state index in [2.05, 4.69) is 47.6 Å². The molecule has 3 aromatic rings. The summed E-state index contributed by atoms with van der Waals surface area (Å²) < 4.78 is 5.18. The highest BCUT2D eigenvalue weighted by molar-refractivity contribution is 5.97. The number of methoxy groups -OCH3 is 1. The van der Waals surface area contributed by atoms with Crippen LogP contribution in [0, 0.1) is 13.8 Å². The van der Waals surface area contributed by atoms with E-state index in [1.807, 2.05) is 24.3 Å². The van der Waals surface area contributed by atoms with E-state index >= 15 is 0 Å². The second-order valence-corrected chi connectivity index (χ2v) is 7.53. The standard InChI is InChI=1S/C23H25N3O2/c1-14-4-11-19(15(2)12-14)22-23(21(25-26-22)17-7-8-17)24-20(27)13-16-5-9-18(28-3)10-6-16/h4-6,9-12,17H,7-8,13H2,1-3H3,(H,24,27)(H,25,26). The van der Waals surface area contributed by atoms with Crippen LogP contribution in [-0.2, 0) is 11.2 Å². The fraction of sp³-hybridized carbons (Fsp3) is 0.304. The normalized spacial score (nSPS) is 13.4. The van der Waals surface area contributed by atoms with Gasteiger partial charge in [-0.05, 0) is 49.9 Å². The molecule has 1 amide bonds. The number of hydrogen-bond acceptors (Lipinski definition) is 3. The topological polar surface area (TPSA) is 67.0 Å². The minimum absolute atomic E-state index is 0.0421. The van der Waals surface area contributed by atoms with Crippen molar-refractivity contribution in [3.63, 3.8) is 0 Å². The summed E-state index contributed by atoms with van der Waals surface area (Å²) >= 11 is 0. The van der Waals surface area contributed by atoms with Crippen molar-refractivity contribution in [3.05, 3.63) is 64.8 Å². The molecule has 4 rings (SSSR count). The zero-order valence-electron chi connectivity index (χ0n) is 16.5. The number of carbonyl (C=O) groups is 1. The van der Waals surface area contributed by atoms with Gasteiger partial charge in [0.05, 0.1) is 24.9 Å². The van der Waals surface area contributed by atoms with E-state index in [0.29, 0.717) is 12.3 Å². The van der Waals surface area contributed by atoms with Crippen molar-refractivity contribution in [1.82, 2.24) is 10.2 Å². The SMILES string of the molecule is COc1ccc(CC(=O)Nc2c(-c3ccc(C)cc3C)n[nH]c2C2CC2)cc1. The number of ether oxygens (including phenoxy) is 1. The first-order valence-corrected chi connectivity index (χ1v) is 9.64. The molecule has 2 aromatic carbocycles. The fourth-order valence-corrected chi connectivity index (χ4v) is 3.54. The van der Waals surface area contributed by atoms with Crippen molar-refractivity contribution < 1.29 is 9.53 Å². The summed E-state index contributed by atoms with van der Waals surface area (Å²) in [5, 5.41) is 10.9. The number of aromatic amines is 1. The monoisotopic (exact) mass is 375 g/mol. The second-order valence-electron chi connectivity index (χ2n) is 7.53. The molecule has 0 spiro atoms. The molecule has 5 nitrogen and oxygen atoms in total. The molecule has 144 valence electrons. The molecule has 2 N–H and O–H groups in total. The van der Waals surface area contributed by atoms with Crippen LogP contribution in [0.2, 0.25) is 0 Å². The van der Waals surface area contributed by atoms with Gasteiger partial charge in [0.2, 0.25) is 5.91 Å².